The molecule has 1 aromatic carbocycles. The summed E-state index contributed by atoms with van der Waals surface area (Å²) in [4.78, 5) is 12.3. The van der Waals surface area contributed by atoms with Crippen LogP contribution in [0.4, 0.5) is 5.69 Å². The highest BCUT2D eigenvalue weighted by molar-refractivity contribution is 7.99. The number of aryl methyl sites for hydroxylation is 1. The molecule has 128 valence electrons. The number of nitrogens with zero attached hydrogens (tertiary/aromatic N) is 3. The molecule has 0 atom stereocenters. The molecule has 0 radical (unpaired) electrons. The fourth-order valence-corrected chi connectivity index (χ4v) is 3.32. The SMILES string of the molecule is Cc1cccc(C(C)C)c1NC(=O)CSc1nnc(C2CC2)n1N. The van der Waals surface area contributed by atoms with Crippen molar-refractivity contribution >= 4 is 23.4 Å². The number of hydrogen-bond acceptors (Lipinski definition) is 5. The lowest BCUT2D eigenvalue weighted by Crippen LogP contribution is -2.18. The maximum atomic E-state index is 12.3. The smallest absolute Gasteiger partial charge is 0.234 e. The Bertz CT molecular complexity index is 751. The molecule has 1 heterocycles. The Hall–Kier alpha value is -2.02. The van der Waals surface area contributed by atoms with Crippen LogP contribution in [0.2, 0.25) is 0 Å². The van der Waals surface area contributed by atoms with Crippen molar-refractivity contribution in [1.29, 1.82) is 0 Å². The fourth-order valence-electron chi connectivity index (χ4n) is 2.65. The average Bonchev–Trinajstić information content (AvgIpc) is 3.31. The van der Waals surface area contributed by atoms with E-state index in [0.717, 1.165) is 35.5 Å². The second kappa shape index (κ2) is 6.84. The summed E-state index contributed by atoms with van der Waals surface area (Å²) >= 11 is 1.31. The number of aromatic nitrogens is 3. The fraction of sp³-hybridized carbons (Fsp3) is 0.471. The van der Waals surface area contributed by atoms with Crippen LogP contribution in [0.25, 0.3) is 0 Å². The Labute approximate surface area is 146 Å². The molecule has 0 unspecified atom stereocenters. The second-order valence-electron chi connectivity index (χ2n) is 6.52. The number of anilines is 1. The molecule has 0 spiro atoms. The van der Waals surface area contributed by atoms with E-state index in [1.807, 2.05) is 19.1 Å². The number of para-hydroxylation sites is 1. The molecule has 1 amide bonds. The summed E-state index contributed by atoms with van der Waals surface area (Å²) < 4.78 is 1.52. The first-order chi connectivity index (χ1) is 11.5. The molecule has 2 aromatic rings. The van der Waals surface area contributed by atoms with Crippen LogP contribution < -0.4 is 11.2 Å². The van der Waals surface area contributed by atoms with E-state index in [2.05, 4.69) is 35.4 Å². The van der Waals surface area contributed by atoms with Gasteiger partial charge in [0, 0.05) is 11.6 Å². The van der Waals surface area contributed by atoms with Crippen molar-refractivity contribution in [3.63, 3.8) is 0 Å². The lowest BCUT2D eigenvalue weighted by molar-refractivity contribution is -0.113. The Kier molecular flexibility index (Phi) is 4.80. The summed E-state index contributed by atoms with van der Waals surface area (Å²) in [7, 11) is 0. The third-order valence-corrected chi connectivity index (χ3v) is 5.10. The molecular formula is C17H23N5OS. The van der Waals surface area contributed by atoms with Crippen LogP contribution in [0.15, 0.2) is 23.4 Å². The van der Waals surface area contributed by atoms with E-state index in [9.17, 15) is 4.79 Å². The van der Waals surface area contributed by atoms with Gasteiger partial charge in [0.2, 0.25) is 11.1 Å². The number of thioether (sulfide) groups is 1. The van der Waals surface area contributed by atoms with E-state index in [1.54, 1.807) is 0 Å². The Balaban J connectivity index is 1.64. The Morgan fingerprint density at radius 1 is 1.42 bits per heavy atom. The summed E-state index contributed by atoms with van der Waals surface area (Å²) in [5.74, 6) is 7.81. The molecule has 3 rings (SSSR count). The van der Waals surface area contributed by atoms with Crippen molar-refractivity contribution in [2.75, 3.05) is 16.9 Å². The quantitative estimate of drug-likeness (QED) is 0.621. The highest BCUT2D eigenvalue weighted by Gasteiger charge is 2.30. The summed E-state index contributed by atoms with van der Waals surface area (Å²) in [5, 5.41) is 11.8. The molecule has 1 aliphatic rings. The van der Waals surface area contributed by atoms with Gasteiger partial charge in [0.15, 0.2) is 5.82 Å². The van der Waals surface area contributed by atoms with Gasteiger partial charge in [0.05, 0.1) is 5.75 Å². The van der Waals surface area contributed by atoms with Gasteiger partial charge in [0.1, 0.15) is 0 Å². The van der Waals surface area contributed by atoms with Gasteiger partial charge in [-0.1, -0.05) is 43.8 Å². The van der Waals surface area contributed by atoms with E-state index >= 15 is 0 Å². The van der Waals surface area contributed by atoms with Crippen molar-refractivity contribution in [3.05, 3.63) is 35.2 Å². The molecule has 1 saturated carbocycles. The number of nitrogens with one attached hydrogen (secondary N) is 1. The highest BCUT2D eigenvalue weighted by Crippen LogP contribution is 2.39. The third kappa shape index (κ3) is 3.56. The third-order valence-electron chi connectivity index (χ3n) is 4.16. The van der Waals surface area contributed by atoms with Crippen molar-refractivity contribution in [3.8, 4) is 0 Å². The standard InChI is InChI=1S/C17H23N5OS/c1-10(2)13-6-4-5-11(3)15(13)19-14(23)9-24-17-21-20-16(22(17)18)12-7-8-12/h4-6,10,12H,7-9,18H2,1-3H3,(H,19,23). The van der Waals surface area contributed by atoms with Gasteiger partial charge in [-0.2, -0.15) is 0 Å². The molecular weight excluding hydrogens is 322 g/mol. The molecule has 1 fully saturated rings. The number of amides is 1. The van der Waals surface area contributed by atoms with Crippen molar-refractivity contribution in [2.24, 2.45) is 0 Å². The van der Waals surface area contributed by atoms with Gasteiger partial charge < -0.3 is 11.2 Å². The Morgan fingerprint density at radius 3 is 2.83 bits per heavy atom. The van der Waals surface area contributed by atoms with Crippen molar-refractivity contribution in [1.82, 2.24) is 14.9 Å². The minimum absolute atomic E-state index is 0.0628. The maximum absolute atomic E-state index is 12.3. The molecule has 1 aromatic heterocycles. The number of carbonyl (C=O) groups is 1. The van der Waals surface area contributed by atoms with E-state index in [1.165, 1.54) is 16.4 Å². The van der Waals surface area contributed by atoms with E-state index < -0.39 is 0 Å². The minimum Gasteiger partial charge on any atom is -0.336 e. The van der Waals surface area contributed by atoms with E-state index in [4.69, 9.17) is 5.84 Å². The average molecular weight is 345 g/mol. The summed E-state index contributed by atoms with van der Waals surface area (Å²) in [5.41, 5.74) is 3.12. The molecule has 0 aliphatic heterocycles. The normalized spacial score (nSPS) is 14.2. The topological polar surface area (TPSA) is 85.8 Å². The predicted octanol–water partition coefficient (Wildman–Crippen LogP) is 3.03. The number of benzene rings is 1. The highest BCUT2D eigenvalue weighted by atomic mass is 32.2. The zero-order valence-corrected chi connectivity index (χ0v) is 15.1. The molecule has 7 heteroatoms. The first-order valence-electron chi connectivity index (χ1n) is 8.20. The molecule has 1 aliphatic carbocycles. The second-order valence-corrected chi connectivity index (χ2v) is 7.46. The Morgan fingerprint density at radius 2 is 2.17 bits per heavy atom. The largest absolute Gasteiger partial charge is 0.336 e. The molecule has 6 nitrogen and oxygen atoms in total. The van der Waals surface area contributed by atoms with Gasteiger partial charge in [-0.3, -0.25) is 4.79 Å². The van der Waals surface area contributed by atoms with Crippen LogP contribution >= 0.6 is 11.8 Å². The number of rotatable bonds is 6. The minimum atomic E-state index is -0.0628. The monoisotopic (exact) mass is 345 g/mol. The zero-order valence-electron chi connectivity index (χ0n) is 14.2. The van der Waals surface area contributed by atoms with Gasteiger partial charge >= 0.3 is 0 Å². The molecule has 3 N–H and O–H groups in total. The number of nitrogen functional groups attached to an aromatic ring is 1. The van der Waals surface area contributed by atoms with Crippen LogP contribution in [0, 0.1) is 6.92 Å². The van der Waals surface area contributed by atoms with Crippen LogP contribution in [0.1, 0.15) is 55.5 Å². The van der Waals surface area contributed by atoms with Crippen LogP contribution in [-0.2, 0) is 4.79 Å². The first-order valence-corrected chi connectivity index (χ1v) is 9.18. The zero-order chi connectivity index (χ0) is 17.3. The van der Waals surface area contributed by atoms with Crippen LogP contribution in [0.3, 0.4) is 0 Å². The van der Waals surface area contributed by atoms with Crippen molar-refractivity contribution in [2.45, 2.75) is 50.6 Å². The summed E-state index contributed by atoms with van der Waals surface area (Å²) in [6.45, 7) is 6.25. The van der Waals surface area contributed by atoms with Crippen LogP contribution in [0.5, 0.6) is 0 Å². The first kappa shape index (κ1) is 16.8. The summed E-state index contributed by atoms with van der Waals surface area (Å²) in [6.07, 6.45) is 2.23. The van der Waals surface area contributed by atoms with Crippen molar-refractivity contribution < 1.29 is 4.79 Å². The van der Waals surface area contributed by atoms with Gasteiger partial charge in [-0.05, 0) is 36.8 Å². The van der Waals surface area contributed by atoms with Gasteiger partial charge in [0.25, 0.3) is 0 Å². The molecule has 0 saturated heterocycles. The van der Waals surface area contributed by atoms with Gasteiger partial charge in [-0.15, -0.1) is 10.2 Å². The van der Waals surface area contributed by atoms with E-state index in [0.29, 0.717) is 17.0 Å². The number of hydrogen-bond donors (Lipinski definition) is 2. The predicted molar refractivity (Wildman–Crippen MR) is 96.8 cm³/mol. The lowest BCUT2D eigenvalue weighted by atomic mass is 9.98. The number of carbonyl (C=O) groups excluding carboxylic acids is 1. The van der Waals surface area contributed by atoms with E-state index in [-0.39, 0.29) is 11.7 Å². The number of nitrogens with two attached hydrogens (primary N) is 1. The van der Waals surface area contributed by atoms with Crippen LogP contribution in [-0.4, -0.2) is 26.5 Å². The van der Waals surface area contributed by atoms with Gasteiger partial charge in [-0.25, -0.2) is 4.68 Å². The lowest BCUT2D eigenvalue weighted by Gasteiger charge is -2.16. The molecule has 24 heavy (non-hydrogen) atoms. The summed E-state index contributed by atoms with van der Waals surface area (Å²) in [6, 6.07) is 6.08. The molecule has 0 bridgehead atoms. The maximum Gasteiger partial charge on any atom is 0.234 e.